The van der Waals surface area contributed by atoms with Crippen molar-refractivity contribution in [2.45, 2.75) is 19.3 Å². The number of nitriles is 1. The molecule has 0 aliphatic rings. The summed E-state index contributed by atoms with van der Waals surface area (Å²) in [5, 5.41) is 14.2. The molecule has 1 rings (SSSR count). The molecule has 1 amide bonds. The molecule has 0 unspecified atom stereocenters. The van der Waals surface area contributed by atoms with Crippen LogP contribution in [0.15, 0.2) is 30.6 Å². The highest BCUT2D eigenvalue weighted by Gasteiger charge is 2.07. The predicted octanol–water partition coefficient (Wildman–Crippen LogP) is 1.39. The Morgan fingerprint density at radius 2 is 2.32 bits per heavy atom. The lowest BCUT2D eigenvalue weighted by Gasteiger charge is -2.07. The van der Waals surface area contributed by atoms with Crippen LogP contribution in [0.2, 0.25) is 0 Å². The van der Waals surface area contributed by atoms with Gasteiger partial charge in [0, 0.05) is 24.9 Å². The number of hydrogen-bond donors (Lipinski definition) is 2. The number of nitrogens with zero attached hydrogens (tertiary/aromatic N) is 2. The second-order valence-corrected chi connectivity index (χ2v) is 4.12. The van der Waals surface area contributed by atoms with Gasteiger partial charge < -0.3 is 10.6 Å². The SMILES string of the molecule is C=C(CCNC)NC(=O)c1ccc(CCC#N)cn1. The Labute approximate surface area is 113 Å². The molecule has 0 bridgehead atoms. The third kappa shape index (κ3) is 5.32. The van der Waals surface area contributed by atoms with Gasteiger partial charge in [0.1, 0.15) is 5.69 Å². The quantitative estimate of drug-likeness (QED) is 0.774. The van der Waals surface area contributed by atoms with Crippen molar-refractivity contribution in [3.05, 3.63) is 41.9 Å². The fourth-order valence-electron chi connectivity index (χ4n) is 1.47. The van der Waals surface area contributed by atoms with Crippen LogP contribution in [0, 0.1) is 11.3 Å². The first-order valence-electron chi connectivity index (χ1n) is 6.13. The summed E-state index contributed by atoms with van der Waals surface area (Å²) in [4.78, 5) is 15.9. The van der Waals surface area contributed by atoms with Crippen LogP contribution in [0.1, 0.15) is 28.9 Å². The smallest absolute Gasteiger partial charge is 0.273 e. The van der Waals surface area contributed by atoms with Crippen molar-refractivity contribution in [3.63, 3.8) is 0 Å². The summed E-state index contributed by atoms with van der Waals surface area (Å²) in [5.41, 5.74) is 1.97. The summed E-state index contributed by atoms with van der Waals surface area (Å²) >= 11 is 0. The van der Waals surface area contributed by atoms with Gasteiger partial charge in [-0.2, -0.15) is 5.26 Å². The van der Waals surface area contributed by atoms with Gasteiger partial charge >= 0.3 is 0 Å². The van der Waals surface area contributed by atoms with E-state index >= 15 is 0 Å². The van der Waals surface area contributed by atoms with E-state index in [1.54, 1.807) is 12.3 Å². The van der Waals surface area contributed by atoms with E-state index in [2.05, 4.69) is 28.3 Å². The van der Waals surface area contributed by atoms with E-state index < -0.39 is 0 Å². The van der Waals surface area contributed by atoms with Gasteiger partial charge in [-0.1, -0.05) is 12.6 Å². The number of carbonyl (C=O) groups excluding carboxylic acids is 1. The van der Waals surface area contributed by atoms with Crippen LogP contribution in [-0.2, 0) is 6.42 Å². The zero-order chi connectivity index (χ0) is 14.1. The Hall–Kier alpha value is -2.19. The van der Waals surface area contributed by atoms with E-state index in [9.17, 15) is 4.79 Å². The molecule has 1 heterocycles. The second kappa shape index (κ2) is 8.01. The minimum atomic E-state index is -0.257. The Balaban J connectivity index is 2.53. The second-order valence-electron chi connectivity index (χ2n) is 4.12. The van der Waals surface area contributed by atoms with Crippen LogP contribution in [0.3, 0.4) is 0 Å². The molecular weight excluding hydrogens is 240 g/mol. The van der Waals surface area contributed by atoms with Crippen LogP contribution >= 0.6 is 0 Å². The highest BCUT2D eigenvalue weighted by atomic mass is 16.1. The maximum atomic E-state index is 11.8. The number of amides is 1. The fourth-order valence-corrected chi connectivity index (χ4v) is 1.47. The van der Waals surface area contributed by atoms with Crippen LogP contribution in [0.4, 0.5) is 0 Å². The van der Waals surface area contributed by atoms with Crippen molar-refractivity contribution in [2.24, 2.45) is 0 Å². The predicted molar refractivity (Wildman–Crippen MR) is 73.3 cm³/mol. The summed E-state index contributed by atoms with van der Waals surface area (Å²) in [7, 11) is 1.84. The van der Waals surface area contributed by atoms with E-state index in [0.717, 1.165) is 12.1 Å². The third-order valence-electron chi connectivity index (χ3n) is 2.55. The summed E-state index contributed by atoms with van der Waals surface area (Å²) in [5.74, 6) is -0.257. The van der Waals surface area contributed by atoms with Gasteiger partial charge in [-0.15, -0.1) is 0 Å². The number of aryl methyl sites for hydroxylation is 1. The van der Waals surface area contributed by atoms with Gasteiger partial charge in [0.25, 0.3) is 5.91 Å². The van der Waals surface area contributed by atoms with Crippen molar-refractivity contribution in [1.29, 1.82) is 5.26 Å². The Kier molecular flexibility index (Phi) is 6.27. The number of nitrogens with one attached hydrogen (secondary N) is 2. The van der Waals surface area contributed by atoms with E-state index in [-0.39, 0.29) is 5.91 Å². The van der Waals surface area contributed by atoms with Crippen LogP contribution in [0.25, 0.3) is 0 Å². The standard InChI is InChI=1S/C14H18N4O/c1-11(7-9-16-2)18-14(19)13-6-5-12(10-17-13)4-3-8-15/h5-6,10,16H,1,3-4,7,9H2,2H3,(H,18,19). The van der Waals surface area contributed by atoms with Crippen molar-refractivity contribution < 1.29 is 4.79 Å². The number of pyridine rings is 1. The minimum Gasteiger partial charge on any atom is -0.325 e. The zero-order valence-electron chi connectivity index (χ0n) is 11.1. The first-order valence-corrected chi connectivity index (χ1v) is 6.13. The van der Waals surface area contributed by atoms with Crippen molar-refractivity contribution in [3.8, 4) is 6.07 Å². The highest BCUT2D eigenvalue weighted by Crippen LogP contribution is 2.04. The number of rotatable bonds is 7. The van der Waals surface area contributed by atoms with Crippen molar-refractivity contribution in [2.75, 3.05) is 13.6 Å². The fraction of sp³-hybridized carbons (Fsp3) is 0.357. The zero-order valence-corrected chi connectivity index (χ0v) is 11.1. The van der Waals surface area contributed by atoms with E-state index in [4.69, 9.17) is 5.26 Å². The molecule has 0 atom stereocenters. The molecule has 2 N–H and O–H groups in total. The van der Waals surface area contributed by atoms with Gasteiger partial charge in [0.15, 0.2) is 0 Å². The summed E-state index contributed by atoms with van der Waals surface area (Å²) in [6.07, 6.45) is 3.42. The number of carbonyl (C=O) groups is 1. The maximum Gasteiger partial charge on any atom is 0.273 e. The van der Waals surface area contributed by atoms with Gasteiger partial charge in [-0.3, -0.25) is 9.78 Å². The molecular formula is C14H18N4O. The van der Waals surface area contributed by atoms with Crippen molar-refractivity contribution in [1.82, 2.24) is 15.6 Å². The van der Waals surface area contributed by atoms with E-state index in [1.165, 1.54) is 0 Å². The molecule has 19 heavy (non-hydrogen) atoms. The molecule has 0 saturated carbocycles. The molecule has 0 aromatic carbocycles. The first kappa shape index (κ1) is 14.9. The lowest BCUT2D eigenvalue weighted by Crippen LogP contribution is -2.25. The molecule has 5 heteroatoms. The number of hydrogen-bond acceptors (Lipinski definition) is 4. The molecule has 0 radical (unpaired) electrons. The monoisotopic (exact) mass is 258 g/mol. The lowest BCUT2D eigenvalue weighted by atomic mass is 10.1. The molecule has 0 aliphatic heterocycles. The van der Waals surface area contributed by atoms with Gasteiger partial charge in [0.05, 0.1) is 6.07 Å². The van der Waals surface area contributed by atoms with Crippen molar-refractivity contribution >= 4 is 5.91 Å². The van der Waals surface area contributed by atoms with Crippen LogP contribution in [-0.4, -0.2) is 24.5 Å². The molecule has 0 spiro atoms. The Morgan fingerprint density at radius 3 is 2.89 bits per heavy atom. The maximum absolute atomic E-state index is 11.8. The third-order valence-corrected chi connectivity index (χ3v) is 2.55. The highest BCUT2D eigenvalue weighted by molar-refractivity contribution is 5.93. The largest absolute Gasteiger partial charge is 0.325 e. The normalized spacial score (nSPS) is 9.68. The van der Waals surface area contributed by atoms with Gasteiger partial charge in [-0.05, 0) is 31.5 Å². The number of aromatic nitrogens is 1. The lowest BCUT2D eigenvalue weighted by molar-refractivity contribution is 0.0960. The van der Waals surface area contributed by atoms with E-state index in [0.29, 0.717) is 30.7 Å². The molecule has 0 saturated heterocycles. The molecule has 0 fully saturated rings. The molecule has 5 nitrogen and oxygen atoms in total. The molecule has 1 aromatic heterocycles. The van der Waals surface area contributed by atoms with Gasteiger partial charge in [-0.25, -0.2) is 0 Å². The summed E-state index contributed by atoms with van der Waals surface area (Å²) in [6.45, 7) is 4.54. The van der Waals surface area contributed by atoms with Crippen LogP contribution in [0.5, 0.6) is 0 Å². The molecule has 100 valence electrons. The molecule has 0 aliphatic carbocycles. The average Bonchev–Trinajstić information content (AvgIpc) is 2.43. The summed E-state index contributed by atoms with van der Waals surface area (Å²) in [6, 6.07) is 5.55. The molecule has 1 aromatic rings. The van der Waals surface area contributed by atoms with E-state index in [1.807, 2.05) is 13.1 Å². The Morgan fingerprint density at radius 1 is 1.53 bits per heavy atom. The topological polar surface area (TPSA) is 77.8 Å². The summed E-state index contributed by atoms with van der Waals surface area (Å²) < 4.78 is 0. The van der Waals surface area contributed by atoms with Crippen LogP contribution < -0.4 is 10.6 Å². The first-order chi connectivity index (χ1) is 9.17. The van der Waals surface area contributed by atoms with Gasteiger partial charge in [0.2, 0.25) is 0 Å². The average molecular weight is 258 g/mol. The Bertz CT molecular complexity index is 473. The minimum absolute atomic E-state index is 0.257.